The molecule has 0 saturated carbocycles. The Hall–Kier alpha value is -1.11. The molecule has 0 unspecified atom stereocenters. The van der Waals surface area contributed by atoms with E-state index in [2.05, 4.69) is 0 Å². The van der Waals surface area contributed by atoms with Gasteiger partial charge in [0.2, 0.25) is 0 Å². The predicted octanol–water partition coefficient (Wildman–Crippen LogP) is 3.38. The maximum absolute atomic E-state index is 14.1. The summed E-state index contributed by atoms with van der Waals surface area (Å²) >= 11 is 3.22. The fourth-order valence-corrected chi connectivity index (χ4v) is 4.63. The van der Waals surface area contributed by atoms with Crippen LogP contribution in [0.25, 0.3) is 10.1 Å². The highest BCUT2D eigenvalue weighted by Crippen LogP contribution is 2.34. The van der Waals surface area contributed by atoms with Crippen LogP contribution in [-0.2, 0) is 11.3 Å². The summed E-state index contributed by atoms with van der Waals surface area (Å²) < 4.78 is 20.1. The van der Waals surface area contributed by atoms with Crippen LogP contribution in [0, 0.1) is 5.82 Å². The molecule has 0 atom stereocenters. The van der Waals surface area contributed by atoms with Crippen molar-refractivity contribution in [2.45, 2.75) is 6.61 Å². The first-order chi connectivity index (χ1) is 10.2. The van der Waals surface area contributed by atoms with Crippen LogP contribution < -0.4 is 0 Å². The van der Waals surface area contributed by atoms with E-state index in [1.54, 1.807) is 13.2 Å². The Balaban J connectivity index is 2.06. The van der Waals surface area contributed by atoms with Crippen molar-refractivity contribution in [3.05, 3.63) is 34.5 Å². The number of halogens is 1. The molecule has 1 amide bonds. The molecule has 3 nitrogen and oxygen atoms in total. The van der Waals surface area contributed by atoms with E-state index in [0.717, 1.165) is 29.3 Å². The molecular formula is C15H16FNO2S2. The van der Waals surface area contributed by atoms with Crippen molar-refractivity contribution in [3.8, 4) is 0 Å². The van der Waals surface area contributed by atoms with Crippen molar-refractivity contribution in [2.75, 3.05) is 31.7 Å². The summed E-state index contributed by atoms with van der Waals surface area (Å²) in [5, 5.41) is 0.527. The van der Waals surface area contributed by atoms with Crippen LogP contribution in [-0.4, -0.2) is 42.5 Å². The number of hydrogen-bond donors (Lipinski definition) is 0. The summed E-state index contributed by atoms with van der Waals surface area (Å²) in [6.45, 7) is 1.77. The van der Waals surface area contributed by atoms with Gasteiger partial charge in [0, 0.05) is 47.4 Å². The van der Waals surface area contributed by atoms with Crippen molar-refractivity contribution in [3.63, 3.8) is 0 Å². The van der Waals surface area contributed by atoms with E-state index in [9.17, 15) is 9.18 Å². The van der Waals surface area contributed by atoms with Gasteiger partial charge in [0.25, 0.3) is 5.91 Å². The number of carbonyl (C=O) groups is 1. The molecule has 0 spiro atoms. The molecule has 1 saturated heterocycles. The minimum atomic E-state index is -0.288. The molecule has 0 aliphatic carbocycles. The van der Waals surface area contributed by atoms with Gasteiger partial charge >= 0.3 is 0 Å². The summed E-state index contributed by atoms with van der Waals surface area (Å²) in [6.07, 6.45) is 0. The standard InChI is InChI=1S/C15H16FNO2S2/c1-19-9-10-13-11(16)3-2-4-12(13)21-14(10)15(18)17-5-7-20-8-6-17/h2-4H,5-9H2,1H3. The van der Waals surface area contributed by atoms with E-state index in [0.29, 0.717) is 15.8 Å². The van der Waals surface area contributed by atoms with E-state index in [-0.39, 0.29) is 18.3 Å². The minimum Gasteiger partial charge on any atom is -0.380 e. The van der Waals surface area contributed by atoms with Crippen LogP contribution in [0.3, 0.4) is 0 Å². The molecule has 21 heavy (non-hydrogen) atoms. The monoisotopic (exact) mass is 325 g/mol. The Bertz CT molecular complexity index is 665. The molecule has 2 aromatic rings. The fraction of sp³-hybridized carbons (Fsp3) is 0.400. The second-order valence-corrected chi connectivity index (χ2v) is 7.14. The number of amides is 1. The fourth-order valence-electron chi connectivity index (χ4n) is 2.53. The summed E-state index contributed by atoms with van der Waals surface area (Å²) in [4.78, 5) is 15.2. The lowest BCUT2D eigenvalue weighted by Gasteiger charge is -2.26. The van der Waals surface area contributed by atoms with Crippen LogP contribution in [0.4, 0.5) is 4.39 Å². The van der Waals surface area contributed by atoms with Gasteiger partial charge in [-0.15, -0.1) is 11.3 Å². The van der Waals surface area contributed by atoms with Crippen LogP contribution in [0.1, 0.15) is 15.2 Å². The number of thioether (sulfide) groups is 1. The molecule has 3 rings (SSSR count). The summed E-state index contributed by atoms with van der Waals surface area (Å²) in [6, 6.07) is 4.96. The Kier molecular flexibility index (Phi) is 4.47. The number of methoxy groups -OCH3 is 1. The molecule has 1 fully saturated rings. The average molecular weight is 325 g/mol. The predicted molar refractivity (Wildman–Crippen MR) is 85.7 cm³/mol. The van der Waals surface area contributed by atoms with Gasteiger partial charge in [-0.2, -0.15) is 11.8 Å². The molecule has 1 aromatic carbocycles. The second kappa shape index (κ2) is 6.34. The van der Waals surface area contributed by atoms with Crippen molar-refractivity contribution in [2.24, 2.45) is 0 Å². The van der Waals surface area contributed by atoms with Crippen LogP contribution in [0.2, 0.25) is 0 Å². The highest BCUT2D eigenvalue weighted by atomic mass is 32.2. The average Bonchev–Trinajstić information content (AvgIpc) is 2.88. The molecule has 112 valence electrons. The normalized spacial score (nSPS) is 15.6. The number of ether oxygens (including phenoxy) is 1. The summed E-state index contributed by atoms with van der Waals surface area (Å²) in [5.74, 6) is 1.64. The van der Waals surface area contributed by atoms with E-state index in [1.807, 2.05) is 22.7 Å². The van der Waals surface area contributed by atoms with Gasteiger partial charge in [0.05, 0.1) is 11.5 Å². The molecule has 2 heterocycles. The zero-order chi connectivity index (χ0) is 14.8. The smallest absolute Gasteiger partial charge is 0.264 e. The zero-order valence-corrected chi connectivity index (χ0v) is 13.4. The van der Waals surface area contributed by atoms with Gasteiger partial charge < -0.3 is 9.64 Å². The van der Waals surface area contributed by atoms with Gasteiger partial charge in [-0.05, 0) is 12.1 Å². The number of carbonyl (C=O) groups excluding carboxylic acids is 1. The number of nitrogens with zero attached hydrogens (tertiary/aromatic N) is 1. The SMILES string of the molecule is COCc1c(C(=O)N2CCSCC2)sc2cccc(F)c12. The van der Waals surface area contributed by atoms with Crippen molar-refractivity contribution < 1.29 is 13.9 Å². The number of fused-ring (bicyclic) bond motifs is 1. The lowest BCUT2D eigenvalue weighted by molar-refractivity contribution is 0.0773. The van der Waals surface area contributed by atoms with Gasteiger partial charge in [-0.3, -0.25) is 4.79 Å². The Morgan fingerprint density at radius 2 is 2.14 bits per heavy atom. The lowest BCUT2D eigenvalue weighted by Crippen LogP contribution is -2.37. The van der Waals surface area contributed by atoms with E-state index in [4.69, 9.17) is 4.74 Å². The zero-order valence-electron chi connectivity index (χ0n) is 11.7. The van der Waals surface area contributed by atoms with Crippen molar-refractivity contribution >= 4 is 39.1 Å². The highest BCUT2D eigenvalue weighted by molar-refractivity contribution is 7.99. The van der Waals surface area contributed by atoms with Gasteiger partial charge in [0.15, 0.2) is 0 Å². The minimum absolute atomic E-state index is 0.00273. The number of thiophene rings is 1. The first-order valence-electron chi connectivity index (χ1n) is 6.78. The second-order valence-electron chi connectivity index (χ2n) is 4.86. The lowest BCUT2D eigenvalue weighted by atomic mass is 10.1. The Labute approximate surface area is 131 Å². The van der Waals surface area contributed by atoms with Crippen LogP contribution in [0.5, 0.6) is 0 Å². The van der Waals surface area contributed by atoms with Gasteiger partial charge in [-0.1, -0.05) is 6.07 Å². The third kappa shape index (κ3) is 2.80. The van der Waals surface area contributed by atoms with Gasteiger partial charge in [-0.25, -0.2) is 4.39 Å². The van der Waals surface area contributed by atoms with E-state index < -0.39 is 0 Å². The Morgan fingerprint density at radius 3 is 2.86 bits per heavy atom. The highest BCUT2D eigenvalue weighted by Gasteiger charge is 2.25. The molecular weight excluding hydrogens is 309 g/mol. The summed E-state index contributed by atoms with van der Waals surface area (Å²) in [7, 11) is 1.57. The van der Waals surface area contributed by atoms with Crippen LogP contribution in [0.15, 0.2) is 18.2 Å². The third-order valence-corrected chi connectivity index (χ3v) is 5.67. The number of benzene rings is 1. The van der Waals surface area contributed by atoms with E-state index >= 15 is 0 Å². The quantitative estimate of drug-likeness (QED) is 0.866. The van der Waals surface area contributed by atoms with Gasteiger partial charge in [0.1, 0.15) is 5.82 Å². The maximum atomic E-state index is 14.1. The largest absolute Gasteiger partial charge is 0.380 e. The first kappa shape index (κ1) is 14.8. The first-order valence-corrected chi connectivity index (χ1v) is 8.75. The Morgan fingerprint density at radius 1 is 1.38 bits per heavy atom. The molecule has 1 aliphatic heterocycles. The van der Waals surface area contributed by atoms with Crippen LogP contribution >= 0.6 is 23.1 Å². The molecule has 0 N–H and O–H groups in total. The number of rotatable bonds is 3. The van der Waals surface area contributed by atoms with Crippen molar-refractivity contribution in [1.82, 2.24) is 4.90 Å². The maximum Gasteiger partial charge on any atom is 0.264 e. The topological polar surface area (TPSA) is 29.5 Å². The molecule has 1 aromatic heterocycles. The molecule has 0 bridgehead atoms. The number of hydrogen-bond acceptors (Lipinski definition) is 4. The molecule has 1 aliphatic rings. The summed E-state index contributed by atoms with van der Waals surface area (Å²) in [5.41, 5.74) is 0.679. The molecule has 0 radical (unpaired) electrons. The van der Waals surface area contributed by atoms with Crippen molar-refractivity contribution in [1.29, 1.82) is 0 Å². The third-order valence-electron chi connectivity index (χ3n) is 3.54. The molecule has 6 heteroatoms. The van der Waals surface area contributed by atoms with E-state index in [1.165, 1.54) is 17.4 Å².